The Morgan fingerprint density at radius 2 is 1.83 bits per heavy atom. The van der Waals surface area contributed by atoms with Crippen molar-refractivity contribution < 1.29 is 76.3 Å². The molecule has 58 valence electrons. The van der Waals surface area contributed by atoms with Crippen molar-refractivity contribution in [1.29, 1.82) is 0 Å². The van der Waals surface area contributed by atoms with Crippen molar-refractivity contribution in [2.24, 2.45) is 0 Å². The maximum atomic E-state index is 10.5. The monoisotopic (exact) mass is 188 g/mol. The van der Waals surface area contributed by atoms with E-state index in [0.29, 0.717) is 0 Å². The fourth-order valence-electron chi connectivity index (χ4n) is 0.220. The number of esters is 2. The van der Waals surface area contributed by atoms with Crippen LogP contribution >= 0.6 is 0 Å². The maximum Gasteiger partial charge on any atom is 1.00 e. The van der Waals surface area contributed by atoms with Crippen LogP contribution in [0.3, 0.4) is 0 Å². The molecule has 0 aliphatic heterocycles. The van der Waals surface area contributed by atoms with Crippen molar-refractivity contribution in [3.05, 3.63) is 24.8 Å². The Morgan fingerprint density at radius 3 is 2.08 bits per heavy atom. The fourth-order valence-corrected chi connectivity index (χ4v) is 0.220. The molecular weight excluding hydrogens is 178 g/mol. The number of hydrogen-bond acceptors (Lipinski definition) is 3. The van der Waals surface area contributed by atoms with Crippen LogP contribution in [0.5, 0.6) is 0 Å². The molecule has 0 heterocycles. The van der Waals surface area contributed by atoms with Gasteiger partial charge in [-0.15, -0.1) is 0 Å². The molecule has 3 nitrogen and oxygen atoms in total. The van der Waals surface area contributed by atoms with Crippen molar-refractivity contribution in [3.8, 4) is 0 Å². The predicted octanol–water partition coefficient (Wildman–Crippen LogP) is -4.95. The zero-order chi connectivity index (χ0) is 8.15. The first kappa shape index (κ1) is 18.4. The molecule has 0 radical (unpaired) electrons. The molecule has 0 aromatic heterocycles. The molecule has 0 N–H and O–H groups in total. The molecule has 0 saturated heterocycles. The van der Waals surface area contributed by atoms with Gasteiger partial charge in [0.05, 0.1) is 0 Å². The van der Waals surface area contributed by atoms with Gasteiger partial charge in [0, 0.05) is 11.6 Å². The largest absolute Gasteiger partial charge is 1.00 e. The number of hydrogen-bond donors (Lipinski definition) is 0. The second-order valence-corrected chi connectivity index (χ2v) is 1.69. The van der Waals surface area contributed by atoms with Gasteiger partial charge in [-0.1, -0.05) is 13.2 Å². The molecule has 0 unspecified atom stereocenters. The SMILES string of the molecule is C=CC(=O)OC(=O)C(=C)C.[H-].[H-].[Na+].[Na+]. The number of carbonyl (C=O) groups excluding carboxylic acids is 2. The Balaban J connectivity index is -0.0000000675. The number of carbonyl (C=O) groups is 2. The van der Waals surface area contributed by atoms with Gasteiger partial charge in [0.15, 0.2) is 0 Å². The predicted molar refractivity (Wildman–Crippen MR) is 38.3 cm³/mol. The van der Waals surface area contributed by atoms with E-state index in [2.05, 4.69) is 17.9 Å². The Kier molecular flexibility index (Phi) is 14.9. The van der Waals surface area contributed by atoms with Crippen LogP contribution in [0.4, 0.5) is 0 Å². The van der Waals surface area contributed by atoms with E-state index in [1.165, 1.54) is 6.92 Å². The summed E-state index contributed by atoms with van der Waals surface area (Å²) in [5.41, 5.74) is 0.190. The summed E-state index contributed by atoms with van der Waals surface area (Å²) < 4.78 is 4.17. The second kappa shape index (κ2) is 9.71. The molecule has 0 aliphatic rings. The average Bonchev–Trinajstić information content (AvgIpc) is 1.87. The van der Waals surface area contributed by atoms with Crippen LogP contribution in [0.1, 0.15) is 9.78 Å². The molecule has 0 aliphatic carbocycles. The summed E-state index contributed by atoms with van der Waals surface area (Å²) in [6.45, 7) is 7.85. The van der Waals surface area contributed by atoms with E-state index in [-0.39, 0.29) is 67.5 Å². The summed E-state index contributed by atoms with van der Waals surface area (Å²) in [5, 5.41) is 0. The van der Waals surface area contributed by atoms with E-state index in [9.17, 15) is 9.59 Å². The Morgan fingerprint density at radius 1 is 1.42 bits per heavy atom. The normalized spacial score (nSPS) is 6.75. The summed E-state index contributed by atoms with van der Waals surface area (Å²) in [7, 11) is 0. The molecule has 0 fully saturated rings. The summed E-state index contributed by atoms with van der Waals surface area (Å²) in [6, 6.07) is 0. The van der Waals surface area contributed by atoms with Crippen LogP contribution in [0, 0.1) is 0 Å². The van der Waals surface area contributed by atoms with Crippen LogP contribution in [-0.2, 0) is 14.3 Å². The van der Waals surface area contributed by atoms with Gasteiger partial charge in [0.1, 0.15) is 0 Å². The Labute approximate surface area is 119 Å². The summed E-state index contributed by atoms with van der Waals surface area (Å²) in [4.78, 5) is 20.8. The van der Waals surface area contributed by atoms with Crippen molar-refractivity contribution in [1.82, 2.24) is 0 Å². The van der Waals surface area contributed by atoms with Crippen LogP contribution in [0.2, 0.25) is 0 Å². The molecule has 0 saturated carbocycles. The van der Waals surface area contributed by atoms with E-state index in [0.717, 1.165) is 6.08 Å². The molecule has 12 heavy (non-hydrogen) atoms. The van der Waals surface area contributed by atoms with Gasteiger partial charge in [-0.25, -0.2) is 9.59 Å². The molecule has 0 aromatic rings. The van der Waals surface area contributed by atoms with E-state index >= 15 is 0 Å². The summed E-state index contributed by atoms with van der Waals surface area (Å²) >= 11 is 0. The topological polar surface area (TPSA) is 43.4 Å². The summed E-state index contributed by atoms with van der Waals surface area (Å²) in [6.07, 6.45) is 0.918. The standard InChI is InChI=1S/C7H8O3.2Na.2H/c1-4-6(8)10-7(9)5(2)3;;;;/h4H,1-2H2,3H3;;;;/q;2*+1;2*-1. The minimum absolute atomic E-state index is 0. The first-order valence-electron chi connectivity index (χ1n) is 2.62. The Hall–Kier alpha value is 0.620. The fraction of sp³-hybridized carbons (Fsp3) is 0.143. The zero-order valence-corrected chi connectivity index (χ0v) is 11.7. The smallest absolute Gasteiger partial charge is 1.00 e. The molecule has 5 heteroatoms. The molecule has 0 spiro atoms. The summed E-state index contributed by atoms with van der Waals surface area (Å²) in [5.74, 6) is -1.47. The molecule has 0 rings (SSSR count). The molecular formula is C7H10Na2O3. The first-order valence-corrected chi connectivity index (χ1v) is 2.62. The van der Waals surface area contributed by atoms with Gasteiger partial charge in [0.25, 0.3) is 0 Å². The van der Waals surface area contributed by atoms with Crippen molar-refractivity contribution in [3.63, 3.8) is 0 Å². The molecule has 0 atom stereocenters. The Bertz CT molecular complexity index is 207. The average molecular weight is 188 g/mol. The van der Waals surface area contributed by atoms with Gasteiger partial charge in [0.2, 0.25) is 0 Å². The van der Waals surface area contributed by atoms with Gasteiger partial charge >= 0.3 is 71.1 Å². The third-order valence-corrected chi connectivity index (χ3v) is 0.708. The number of rotatable bonds is 2. The maximum absolute atomic E-state index is 10.5. The van der Waals surface area contributed by atoms with E-state index < -0.39 is 11.9 Å². The quantitative estimate of drug-likeness (QED) is 0.189. The van der Waals surface area contributed by atoms with Crippen molar-refractivity contribution in [2.75, 3.05) is 0 Å². The first-order chi connectivity index (χ1) is 4.57. The van der Waals surface area contributed by atoms with Gasteiger partial charge in [-0.2, -0.15) is 0 Å². The number of ether oxygens (including phenoxy) is 1. The van der Waals surface area contributed by atoms with Gasteiger partial charge in [-0.3, -0.25) is 0 Å². The molecule has 0 aromatic carbocycles. The minimum Gasteiger partial charge on any atom is -1.00 e. The third kappa shape index (κ3) is 8.71. The molecule has 0 bridgehead atoms. The third-order valence-electron chi connectivity index (χ3n) is 0.708. The van der Waals surface area contributed by atoms with Crippen molar-refractivity contribution >= 4 is 11.9 Å². The van der Waals surface area contributed by atoms with Gasteiger partial charge < -0.3 is 7.59 Å². The van der Waals surface area contributed by atoms with E-state index in [4.69, 9.17) is 0 Å². The zero-order valence-electron chi connectivity index (χ0n) is 9.72. The van der Waals surface area contributed by atoms with Crippen LogP contribution in [0.25, 0.3) is 0 Å². The van der Waals surface area contributed by atoms with Crippen LogP contribution in [0.15, 0.2) is 24.8 Å². The van der Waals surface area contributed by atoms with E-state index in [1.54, 1.807) is 0 Å². The second-order valence-electron chi connectivity index (χ2n) is 1.69. The minimum atomic E-state index is -0.756. The molecule has 0 amide bonds. The van der Waals surface area contributed by atoms with Crippen LogP contribution in [-0.4, -0.2) is 11.9 Å². The van der Waals surface area contributed by atoms with E-state index in [1.807, 2.05) is 0 Å². The van der Waals surface area contributed by atoms with Gasteiger partial charge in [-0.05, 0) is 6.92 Å². The van der Waals surface area contributed by atoms with Crippen molar-refractivity contribution in [2.45, 2.75) is 6.92 Å². The van der Waals surface area contributed by atoms with Crippen LogP contribution < -0.4 is 59.1 Å².